The van der Waals surface area contributed by atoms with Crippen LogP contribution in [0.3, 0.4) is 0 Å². The highest BCUT2D eigenvalue weighted by atomic mass is 16.4. The summed E-state index contributed by atoms with van der Waals surface area (Å²) in [6.07, 6.45) is 6.85. The highest BCUT2D eigenvalue weighted by Crippen LogP contribution is 2.35. The summed E-state index contributed by atoms with van der Waals surface area (Å²) in [6.45, 7) is 9.25. The van der Waals surface area contributed by atoms with Crippen LogP contribution < -0.4 is 0 Å². The fourth-order valence-corrected chi connectivity index (χ4v) is 4.26. The fraction of sp³-hybridized carbons (Fsp3) is 0.941. The Morgan fingerprint density at radius 3 is 2.75 bits per heavy atom. The molecule has 3 nitrogen and oxygen atoms in total. The molecule has 1 N–H and O–H groups in total. The van der Waals surface area contributed by atoms with E-state index in [9.17, 15) is 4.79 Å². The maximum absolute atomic E-state index is 10.9. The van der Waals surface area contributed by atoms with E-state index in [0.29, 0.717) is 18.3 Å². The Balaban J connectivity index is 1.93. The van der Waals surface area contributed by atoms with Crippen molar-refractivity contribution in [3.63, 3.8) is 0 Å². The van der Waals surface area contributed by atoms with Crippen LogP contribution in [-0.2, 0) is 4.79 Å². The van der Waals surface area contributed by atoms with Gasteiger partial charge in [0, 0.05) is 19.0 Å². The second kappa shape index (κ2) is 6.93. The zero-order valence-electron chi connectivity index (χ0n) is 13.3. The van der Waals surface area contributed by atoms with Gasteiger partial charge in [-0.25, -0.2) is 0 Å². The molecule has 116 valence electrons. The van der Waals surface area contributed by atoms with Crippen LogP contribution in [0.25, 0.3) is 0 Å². The van der Waals surface area contributed by atoms with Crippen LogP contribution in [0.4, 0.5) is 0 Å². The molecule has 0 aromatic rings. The third-order valence-corrected chi connectivity index (χ3v) is 5.68. The Morgan fingerprint density at radius 1 is 1.30 bits per heavy atom. The van der Waals surface area contributed by atoms with Gasteiger partial charge in [0.2, 0.25) is 0 Å². The van der Waals surface area contributed by atoms with E-state index >= 15 is 0 Å². The van der Waals surface area contributed by atoms with Gasteiger partial charge in [-0.3, -0.25) is 9.69 Å². The van der Waals surface area contributed by atoms with Crippen molar-refractivity contribution in [3.8, 4) is 0 Å². The molecule has 0 spiro atoms. The lowest BCUT2D eigenvalue weighted by Gasteiger charge is -2.45. The fourth-order valence-electron chi connectivity index (χ4n) is 4.26. The molecule has 0 aromatic heterocycles. The van der Waals surface area contributed by atoms with Crippen LogP contribution in [-0.4, -0.2) is 35.1 Å². The van der Waals surface area contributed by atoms with Gasteiger partial charge in [-0.05, 0) is 55.9 Å². The molecule has 2 fully saturated rings. The number of likely N-dealkylation sites (tertiary alicyclic amines) is 1. The third-order valence-electron chi connectivity index (χ3n) is 5.68. The van der Waals surface area contributed by atoms with Gasteiger partial charge in [0.05, 0.1) is 0 Å². The molecule has 3 heteroatoms. The molecule has 0 amide bonds. The van der Waals surface area contributed by atoms with Gasteiger partial charge in [0.15, 0.2) is 0 Å². The predicted molar refractivity (Wildman–Crippen MR) is 81.7 cm³/mol. The second-order valence-corrected chi connectivity index (χ2v) is 7.44. The average Bonchev–Trinajstić information content (AvgIpc) is 2.41. The summed E-state index contributed by atoms with van der Waals surface area (Å²) < 4.78 is 0. The first-order chi connectivity index (χ1) is 9.47. The second-order valence-electron chi connectivity index (χ2n) is 7.44. The zero-order chi connectivity index (χ0) is 14.7. The highest BCUT2D eigenvalue weighted by Gasteiger charge is 2.34. The van der Waals surface area contributed by atoms with Crippen molar-refractivity contribution in [1.29, 1.82) is 0 Å². The molecule has 5 atom stereocenters. The van der Waals surface area contributed by atoms with Crippen molar-refractivity contribution in [2.75, 3.05) is 13.1 Å². The summed E-state index contributed by atoms with van der Waals surface area (Å²) in [4.78, 5) is 13.6. The van der Waals surface area contributed by atoms with Crippen molar-refractivity contribution in [1.82, 2.24) is 4.90 Å². The van der Waals surface area contributed by atoms with Crippen LogP contribution in [0.5, 0.6) is 0 Å². The molecule has 0 aromatic carbocycles. The normalized spacial score (nSPS) is 37.5. The van der Waals surface area contributed by atoms with Gasteiger partial charge in [-0.15, -0.1) is 0 Å². The topological polar surface area (TPSA) is 40.5 Å². The third kappa shape index (κ3) is 3.97. The minimum atomic E-state index is -0.644. The van der Waals surface area contributed by atoms with E-state index in [1.54, 1.807) is 0 Å². The smallest absolute Gasteiger partial charge is 0.303 e. The molecule has 1 saturated heterocycles. The van der Waals surface area contributed by atoms with Gasteiger partial charge in [0.25, 0.3) is 0 Å². The molecular weight excluding hydrogens is 250 g/mol. The van der Waals surface area contributed by atoms with Crippen molar-refractivity contribution in [2.24, 2.45) is 23.7 Å². The lowest BCUT2D eigenvalue weighted by molar-refractivity contribution is -0.138. The van der Waals surface area contributed by atoms with E-state index in [-0.39, 0.29) is 0 Å². The summed E-state index contributed by atoms with van der Waals surface area (Å²) in [5, 5.41) is 8.99. The Bertz CT molecular complexity index is 331. The van der Waals surface area contributed by atoms with E-state index in [4.69, 9.17) is 5.11 Å². The molecule has 20 heavy (non-hydrogen) atoms. The standard InChI is InChI=1S/C17H31NO2/c1-12-6-7-13(2)16(9-12)18-8-4-5-15(11-18)14(3)10-17(19)20/h12-16H,4-11H2,1-3H3,(H,19,20). The van der Waals surface area contributed by atoms with Crippen molar-refractivity contribution in [3.05, 3.63) is 0 Å². The maximum atomic E-state index is 10.9. The molecule has 1 saturated carbocycles. The van der Waals surface area contributed by atoms with Crippen LogP contribution in [0.2, 0.25) is 0 Å². The Kier molecular flexibility index (Phi) is 5.48. The molecule has 1 aliphatic heterocycles. The lowest BCUT2D eigenvalue weighted by Crippen LogP contribution is -2.49. The molecule has 1 heterocycles. The molecular formula is C17H31NO2. The average molecular weight is 281 g/mol. The number of carboxylic acids is 1. The Hall–Kier alpha value is -0.570. The number of carbonyl (C=O) groups is 1. The van der Waals surface area contributed by atoms with Crippen molar-refractivity contribution in [2.45, 2.75) is 65.3 Å². The Labute approximate surface area is 123 Å². The van der Waals surface area contributed by atoms with Gasteiger partial charge in [0.1, 0.15) is 0 Å². The molecule has 0 bridgehead atoms. The molecule has 5 unspecified atom stereocenters. The van der Waals surface area contributed by atoms with Crippen LogP contribution >= 0.6 is 0 Å². The van der Waals surface area contributed by atoms with Crippen LogP contribution in [0.15, 0.2) is 0 Å². The quantitative estimate of drug-likeness (QED) is 0.855. The first kappa shape index (κ1) is 15.8. The summed E-state index contributed by atoms with van der Waals surface area (Å²) in [6, 6.07) is 0.735. The molecule has 0 radical (unpaired) electrons. The number of hydrogen-bond acceptors (Lipinski definition) is 2. The summed E-state index contributed by atoms with van der Waals surface area (Å²) in [7, 11) is 0. The van der Waals surface area contributed by atoms with Crippen LogP contribution in [0, 0.1) is 23.7 Å². The number of aliphatic carboxylic acids is 1. The van der Waals surface area contributed by atoms with E-state index in [1.807, 2.05) is 0 Å². The largest absolute Gasteiger partial charge is 0.481 e. The number of carboxylic acid groups (broad SMARTS) is 1. The number of rotatable bonds is 4. The maximum Gasteiger partial charge on any atom is 0.303 e. The lowest BCUT2D eigenvalue weighted by atomic mass is 9.77. The minimum absolute atomic E-state index is 0.312. The van der Waals surface area contributed by atoms with E-state index in [2.05, 4.69) is 25.7 Å². The minimum Gasteiger partial charge on any atom is -0.481 e. The van der Waals surface area contributed by atoms with Crippen LogP contribution in [0.1, 0.15) is 59.3 Å². The summed E-state index contributed by atoms with van der Waals surface area (Å²) >= 11 is 0. The molecule has 2 rings (SSSR count). The summed E-state index contributed by atoms with van der Waals surface area (Å²) in [5.74, 6) is 1.90. The van der Waals surface area contributed by atoms with Gasteiger partial charge in [-0.1, -0.05) is 27.2 Å². The van der Waals surface area contributed by atoms with Gasteiger partial charge < -0.3 is 5.11 Å². The van der Waals surface area contributed by atoms with Gasteiger partial charge in [-0.2, -0.15) is 0 Å². The Morgan fingerprint density at radius 2 is 2.05 bits per heavy atom. The van der Waals surface area contributed by atoms with E-state index < -0.39 is 5.97 Å². The number of nitrogens with zero attached hydrogens (tertiary/aromatic N) is 1. The SMILES string of the molecule is CC1CCC(C)C(N2CCCC(C(C)CC(=O)O)C2)C1. The first-order valence-electron chi connectivity index (χ1n) is 8.43. The first-order valence-corrected chi connectivity index (χ1v) is 8.43. The predicted octanol–water partition coefficient (Wildman–Crippen LogP) is 3.63. The summed E-state index contributed by atoms with van der Waals surface area (Å²) in [5.41, 5.74) is 0. The van der Waals surface area contributed by atoms with Gasteiger partial charge >= 0.3 is 5.97 Å². The highest BCUT2D eigenvalue weighted by molar-refractivity contribution is 5.67. The van der Waals surface area contributed by atoms with E-state index in [1.165, 1.54) is 38.6 Å². The number of hydrogen-bond donors (Lipinski definition) is 1. The monoisotopic (exact) mass is 281 g/mol. The van der Waals surface area contributed by atoms with Crippen molar-refractivity contribution < 1.29 is 9.90 Å². The van der Waals surface area contributed by atoms with Crippen molar-refractivity contribution >= 4 is 5.97 Å². The molecule has 2 aliphatic rings. The number of piperidine rings is 1. The molecule has 1 aliphatic carbocycles. The van der Waals surface area contributed by atoms with E-state index in [0.717, 1.165) is 24.4 Å². The zero-order valence-corrected chi connectivity index (χ0v) is 13.3.